The van der Waals surface area contributed by atoms with Gasteiger partial charge in [-0.1, -0.05) is 48.0 Å². The normalized spacial score (nSPS) is 12.2. The Hall–Kier alpha value is -3.27. The van der Waals surface area contributed by atoms with Gasteiger partial charge < -0.3 is 19.5 Å². The molecule has 1 N–H and O–H groups in total. The van der Waals surface area contributed by atoms with Crippen molar-refractivity contribution in [3.63, 3.8) is 0 Å². The van der Waals surface area contributed by atoms with Gasteiger partial charge in [-0.2, -0.15) is 4.31 Å². The predicted molar refractivity (Wildman–Crippen MR) is 143 cm³/mol. The Bertz CT molecular complexity index is 1320. The first kappa shape index (κ1) is 28.3. The van der Waals surface area contributed by atoms with Gasteiger partial charge in [0.15, 0.2) is 11.5 Å². The Morgan fingerprint density at radius 2 is 1.65 bits per heavy atom. The van der Waals surface area contributed by atoms with E-state index in [1.54, 1.807) is 38.3 Å². The Balaban J connectivity index is 1.85. The molecule has 3 aromatic rings. The Labute approximate surface area is 223 Å². The van der Waals surface area contributed by atoms with Gasteiger partial charge in [0.2, 0.25) is 15.9 Å². The van der Waals surface area contributed by atoms with Crippen molar-refractivity contribution in [1.29, 1.82) is 0 Å². The molecule has 0 saturated heterocycles. The molecule has 0 heterocycles. The largest absolute Gasteiger partial charge is 0.493 e. The first-order chi connectivity index (χ1) is 17.7. The van der Waals surface area contributed by atoms with Gasteiger partial charge in [0.1, 0.15) is 5.75 Å². The van der Waals surface area contributed by atoms with E-state index in [1.165, 1.54) is 25.3 Å². The van der Waals surface area contributed by atoms with Crippen molar-refractivity contribution < 1.29 is 27.4 Å². The van der Waals surface area contributed by atoms with Crippen LogP contribution in [-0.2, 0) is 21.4 Å². The third-order valence-electron chi connectivity index (χ3n) is 5.65. The molecule has 8 nitrogen and oxygen atoms in total. The molecule has 0 fully saturated rings. The van der Waals surface area contributed by atoms with Crippen molar-refractivity contribution in [3.8, 4) is 17.2 Å². The highest BCUT2D eigenvalue weighted by molar-refractivity contribution is 7.89. The summed E-state index contributed by atoms with van der Waals surface area (Å²) < 4.78 is 44.4. The Morgan fingerprint density at radius 1 is 0.973 bits per heavy atom. The number of benzene rings is 3. The average Bonchev–Trinajstić information content (AvgIpc) is 2.89. The summed E-state index contributed by atoms with van der Waals surface area (Å²) in [4.78, 5) is 13.0. The molecule has 198 valence electrons. The lowest BCUT2D eigenvalue weighted by Crippen LogP contribution is -2.41. The van der Waals surface area contributed by atoms with Crippen LogP contribution in [0.25, 0.3) is 0 Å². The van der Waals surface area contributed by atoms with E-state index in [9.17, 15) is 13.2 Å². The Morgan fingerprint density at radius 3 is 2.27 bits per heavy atom. The topological polar surface area (TPSA) is 94.2 Å². The van der Waals surface area contributed by atoms with E-state index in [0.29, 0.717) is 23.9 Å². The van der Waals surface area contributed by atoms with E-state index in [0.717, 1.165) is 15.4 Å². The molecule has 37 heavy (non-hydrogen) atoms. The highest BCUT2D eigenvalue weighted by Crippen LogP contribution is 2.31. The fourth-order valence-electron chi connectivity index (χ4n) is 3.73. The van der Waals surface area contributed by atoms with Crippen LogP contribution in [0.1, 0.15) is 31.0 Å². The van der Waals surface area contributed by atoms with Gasteiger partial charge in [-0.05, 0) is 55.3 Å². The summed E-state index contributed by atoms with van der Waals surface area (Å²) in [5, 5.41) is 3.05. The standard InChI is InChI=1S/C27H31ClN2O6S/c1-5-36-24-14-12-22(16-23(24)28)37(32,33)30(17-20-9-7-6-8-10-20)18-27(31)29-19(2)21-11-13-25(34-3)26(15-21)35-4/h6-16,19H,5,17-18H2,1-4H3,(H,29,31). The minimum atomic E-state index is -4.07. The molecule has 1 amide bonds. The van der Waals surface area contributed by atoms with Crippen molar-refractivity contribution in [2.24, 2.45) is 0 Å². The number of carbonyl (C=O) groups is 1. The van der Waals surface area contributed by atoms with Gasteiger partial charge in [-0.15, -0.1) is 0 Å². The molecule has 3 rings (SSSR count). The molecule has 1 atom stereocenters. The SMILES string of the molecule is CCOc1ccc(S(=O)(=O)N(CC(=O)NC(C)c2ccc(OC)c(OC)c2)Cc2ccccc2)cc1Cl. The van der Waals surface area contributed by atoms with E-state index in [4.69, 9.17) is 25.8 Å². The summed E-state index contributed by atoms with van der Waals surface area (Å²) in [7, 11) is -0.997. The second-order valence-corrected chi connectivity index (χ2v) is 10.5. The quantitative estimate of drug-likeness (QED) is 0.350. The molecule has 0 radical (unpaired) electrons. The first-order valence-electron chi connectivity index (χ1n) is 11.7. The summed E-state index contributed by atoms with van der Waals surface area (Å²) in [6, 6.07) is 18.3. The number of hydrogen-bond acceptors (Lipinski definition) is 6. The fourth-order valence-corrected chi connectivity index (χ4v) is 5.44. The minimum Gasteiger partial charge on any atom is -0.493 e. The molecule has 3 aromatic carbocycles. The summed E-state index contributed by atoms with van der Waals surface area (Å²) >= 11 is 6.26. The number of rotatable bonds is 12. The average molecular weight is 547 g/mol. The molecule has 0 bridgehead atoms. The van der Waals surface area contributed by atoms with Crippen LogP contribution in [0.5, 0.6) is 17.2 Å². The highest BCUT2D eigenvalue weighted by atomic mass is 35.5. The summed E-state index contributed by atoms with van der Waals surface area (Å²) in [6.07, 6.45) is 0. The number of methoxy groups -OCH3 is 2. The van der Waals surface area contributed by atoms with E-state index < -0.39 is 22.0 Å². The van der Waals surface area contributed by atoms with Crippen molar-refractivity contribution in [2.75, 3.05) is 27.4 Å². The first-order valence-corrected chi connectivity index (χ1v) is 13.5. The van der Waals surface area contributed by atoms with Gasteiger partial charge in [0.25, 0.3) is 0 Å². The van der Waals surface area contributed by atoms with E-state index in [-0.39, 0.29) is 23.0 Å². The highest BCUT2D eigenvalue weighted by Gasteiger charge is 2.28. The molecule has 0 saturated carbocycles. The maximum Gasteiger partial charge on any atom is 0.243 e. The molecule has 0 aliphatic rings. The molecular formula is C27H31ClN2O6S. The van der Waals surface area contributed by atoms with Crippen LogP contribution < -0.4 is 19.5 Å². The molecule has 0 aliphatic heterocycles. The minimum absolute atomic E-state index is 0.00611. The summed E-state index contributed by atoms with van der Waals surface area (Å²) in [5.41, 5.74) is 1.52. The second kappa shape index (κ2) is 12.8. The van der Waals surface area contributed by atoms with E-state index in [1.807, 2.05) is 31.2 Å². The van der Waals surface area contributed by atoms with Gasteiger partial charge in [0, 0.05) is 6.54 Å². The van der Waals surface area contributed by atoms with Crippen LogP contribution in [0, 0.1) is 0 Å². The fraction of sp³-hybridized carbons (Fsp3) is 0.296. The van der Waals surface area contributed by atoms with Crippen LogP contribution >= 0.6 is 11.6 Å². The Kier molecular flexibility index (Phi) is 9.79. The zero-order chi connectivity index (χ0) is 27.0. The van der Waals surface area contributed by atoms with Crippen LogP contribution in [0.4, 0.5) is 0 Å². The van der Waals surface area contributed by atoms with Crippen molar-refractivity contribution in [1.82, 2.24) is 9.62 Å². The van der Waals surface area contributed by atoms with Crippen LogP contribution in [0.15, 0.2) is 71.6 Å². The lowest BCUT2D eigenvalue weighted by molar-refractivity contribution is -0.122. The van der Waals surface area contributed by atoms with Crippen molar-refractivity contribution in [3.05, 3.63) is 82.9 Å². The zero-order valence-corrected chi connectivity index (χ0v) is 22.8. The van der Waals surface area contributed by atoms with Gasteiger partial charge in [0.05, 0.1) is 43.3 Å². The van der Waals surface area contributed by atoms with Gasteiger partial charge in [-0.25, -0.2) is 8.42 Å². The number of halogens is 1. The number of nitrogens with one attached hydrogen (secondary N) is 1. The maximum atomic E-state index is 13.6. The predicted octanol–water partition coefficient (Wildman–Crippen LogP) is 4.82. The van der Waals surface area contributed by atoms with Crippen LogP contribution in [0.2, 0.25) is 5.02 Å². The van der Waals surface area contributed by atoms with Crippen LogP contribution in [0.3, 0.4) is 0 Å². The van der Waals surface area contributed by atoms with E-state index >= 15 is 0 Å². The van der Waals surface area contributed by atoms with Gasteiger partial charge in [-0.3, -0.25) is 4.79 Å². The number of sulfonamides is 1. The second-order valence-electron chi connectivity index (χ2n) is 8.19. The maximum absolute atomic E-state index is 13.6. The van der Waals surface area contributed by atoms with Gasteiger partial charge >= 0.3 is 0 Å². The number of ether oxygens (including phenoxy) is 3. The molecule has 0 aliphatic carbocycles. The smallest absolute Gasteiger partial charge is 0.243 e. The molecule has 1 unspecified atom stereocenters. The lowest BCUT2D eigenvalue weighted by Gasteiger charge is -2.24. The molecule has 0 aromatic heterocycles. The number of nitrogens with zero attached hydrogens (tertiary/aromatic N) is 1. The zero-order valence-electron chi connectivity index (χ0n) is 21.2. The third-order valence-corrected chi connectivity index (χ3v) is 7.73. The number of hydrogen-bond donors (Lipinski definition) is 1. The van der Waals surface area contributed by atoms with Crippen molar-refractivity contribution >= 4 is 27.5 Å². The van der Waals surface area contributed by atoms with Crippen LogP contribution in [-0.4, -0.2) is 46.0 Å². The monoisotopic (exact) mass is 546 g/mol. The lowest BCUT2D eigenvalue weighted by atomic mass is 10.1. The summed E-state index contributed by atoms with van der Waals surface area (Å²) in [6.45, 7) is 3.63. The van der Waals surface area contributed by atoms with Crippen molar-refractivity contribution in [2.45, 2.75) is 31.3 Å². The molecule has 0 spiro atoms. The third kappa shape index (κ3) is 7.15. The summed E-state index contributed by atoms with van der Waals surface area (Å²) in [5.74, 6) is 1.03. The molecule has 10 heteroatoms. The number of amides is 1. The molecular weight excluding hydrogens is 516 g/mol. The number of carbonyl (C=O) groups excluding carboxylic acids is 1. The van der Waals surface area contributed by atoms with E-state index in [2.05, 4.69) is 5.32 Å².